The van der Waals surface area contributed by atoms with Crippen molar-refractivity contribution in [2.45, 2.75) is 19.9 Å². The summed E-state index contributed by atoms with van der Waals surface area (Å²) in [4.78, 5) is 13.6. The zero-order valence-corrected chi connectivity index (χ0v) is 9.98. The SMILES string of the molecule is CCOCC(=O)N1CCc2ccc(O)cc2C1. The smallest absolute Gasteiger partial charge is 0.248 e. The Balaban J connectivity index is 2.04. The molecular formula is C13H17NO3. The summed E-state index contributed by atoms with van der Waals surface area (Å²) in [6, 6.07) is 5.35. The van der Waals surface area contributed by atoms with E-state index in [1.54, 1.807) is 17.0 Å². The number of carbonyl (C=O) groups excluding carboxylic acids is 1. The number of hydrogen-bond acceptors (Lipinski definition) is 3. The van der Waals surface area contributed by atoms with Crippen molar-refractivity contribution >= 4 is 5.91 Å². The first-order valence-electron chi connectivity index (χ1n) is 5.87. The van der Waals surface area contributed by atoms with Crippen LogP contribution >= 0.6 is 0 Å². The predicted octanol–water partition coefficient (Wildman–Crippen LogP) is 1.31. The topological polar surface area (TPSA) is 49.8 Å². The fourth-order valence-corrected chi connectivity index (χ4v) is 2.04. The van der Waals surface area contributed by atoms with Crippen LogP contribution in [-0.2, 0) is 22.5 Å². The molecule has 2 rings (SSSR count). The third kappa shape index (κ3) is 2.77. The summed E-state index contributed by atoms with van der Waals surface area (Å²) in [5.41, 5.74) is 2.24. The van der Waals surface area contributed by atoms with E-state index in [1.165, 1.54) is 5.56 Å². The molecule has 1 aliphatic rings. The van der Waals surface area contributed by atoms with Crippen molar-refractivity contribution < 1.29 is 14.6 Å². The first kappa shape index (κ1) is 11.9. The molecule has 92 valence electrons. The Bertz CT molecular complexity index is 417. The van der Waals surface area contributed by atoms with Crippen LogP contribution in [0.15, 0.2) is 18.2 Å². The average Bonchev–Trinajstić information content (AvgIpc) is 2.35. The van der Waals surface area contributed by atoms with Crippen LogP contribution < -0.4 is 0 Å². The number of ether oxygens (including phenoxy) is 1. The van der Waals surface area contributed by atoms with Crippen molar-refractivity contribution in [1.82, 2.24) is 4.90 Å². The first-order chi connectivity index (χ1) is 8.20. The summed E-state index contributed by atoms with van der Waals surface area (Å²) < 4.78 is 5.12. The normalized spacial score (nSPS) is 14.5. The van der Waals surface area contributed by atoms with Crippen molar-refractivity contribution in [3.05, 3.63) is 29.3 Å². The molecular weight excluding hydrogens is 218 g/mol. The summed E-state index contributed by atoms with van der Waals surface area (Å²) in [6.45, 7) is 3.86. The van der Waals surface area contributed by atoms with Crippen LogP contribution in [0.25, 0.3) is 0 Å². The number of phenols is 1. The maximum atomic E-state index is 11.8. The first-order valence-corrected chi connectivity index (χ1v) is 5.87. The highest BCUT2D eigenvalue weighted by atomic mass is 16.5. The lowest BCUT2D eigenvalue weighted by Gasteiger charge is -2.28. The number of hydrogen-bond donors (Lipinski definition) is 1. The van der Waals surface area contributed by atoms with Crippen LogP contribution in [0.3, 0.4) is 0 Å². The number of rotatable bonds is 3. The molecule has 1 heterocycles. The quantitative estimate of drug-likeness (QED) is 0.859. The third-order valence-electron chi connectivity index (χ3n) is 2.98. The van der Waals surface area contributed by atoms with Crippen LogP contribution in [0, 0.1) is 0 Å². The Morgan fingerprint density at radius 1 is 1.47 bits per heavy atom. The highest BCUT2D eigenvalue weighted by Gasteiger charge is 2.20. The van der Waals surface area contributed by atoms with E-state index in [2.05, 4.69) is 0 Å². The standard InChI is InChI=1S/C13H17NO3/c1-2-17-9-13(16)14-6-5-10-3-4-12(15)7-11(10)8-14/h3-4,7,15H,2,5-6,8-9H2,1H3. The number of nitrogens with zero attached hydrogens (tertiary/aromatic N) is 1. The fraction of sp³-hybridized carbons (Fsp3) is 0.462. The third-order valence-corrected chi connectivity index (χ3v) is 2.98. The second kappa shape index (κ2) is 5.19. The molecule has 0 atom stereocenters. The van der Waals surface area contributed by atoms with E-state index in [0.29, 0.717) is 13.2 Å². The van der Waals surface area contributed by atoms with Gasteiger partial charge in [0.05, 0.1) is 0 Å². The van der Waals surface area contributed by atoms with Gasteiger partial charge in [0.25, 0.3) is 0 Å². The molecule has 4 heteroatoms. The molecule has 4 nitrogen and oxygen atoms in total. The number of carbonyl (C=O) groups is 1. The number of fused-ring (bicyclic) bond motifs is 1. The van der Waals surface area contributed by atoms with Gasteiger partial charge in [-0.2, -0.15) is 0 Å². The Kier molecular flexibility index (Phi) is 3.64. The molecule has 0 spiro atoms. The molecule has 1 N–H and O–H groups in total. The molecule has 1 aromatic carbocycles. The van der Waals surface area contributed by atoms with Crippen molar-refractivity contribution in [2.75, 3.05) is 19.8 Å². The van der Waals surface area contributed by atoms with E-state index in [0.717, 1.165) is 18.5 Å². The van der Waals surface area contributed by atoms with E-state index in [4.69, 9.17) is 4.74 Å². The minimum atomic E-state index is 0.0147. The van der Waals surface area contributed by atoms with E-state index in [-0.39, 0.29) is 18.3 Å². The zero-order chi connectivity index (χ0) is 12.3. The maximum Gasteiger partial charge on any atom is 0.248 e. The van der Waals surface area contributed by atoms with Gasteiger partial charge in [-0.15, -0.1) is 0 Å². The number of benzene rings is 1. The summed E-state index contributed by atoms with van der Waals surface area (Å²) in [5, 5.41) is 9.43. The van der Waals surface area contributed by atoms with Crippen molar-refractivity contribution in [3.8, 4) is 5.75 Å². The van der Waals surface area contributed by atoms with Crippen molar-refractivity contribution in [2.24, 2.45) is 0 Å². The van der Waals surface area contributed by atoms with E-state index < -0.39 is 0 Å². The second-order valence-electron chi connectivity index (χ2n) is 4.16. The van der Waals surface area contributed by atoms with Gasteiger partial charge in [-0.3, -0.25) is 4.79 Å². The highest BCUT2D eigenvalue weighted by molar-refractivity contribution is 5.77. The number of amides is 1. The summed E-state index contributed by atoms with van der Waals surface area (Å²) >= 11 is 0. The van der Waals surface area contributed by atoms with Crippen LogP contribution in [0.5, 0.6) is 5.75 Å². The molecule has 0 unspecified atom stereocenters. The van der Waals surface area contributed by atoms with Gasteiger partial charge in [0.2, 0.25) is 5.91 Å². The average molecular weight is 235 g/mol. The van der Waals surface area contributed by atoms with Crippen molar-refractivity contribution in [1.29, 1.82) is 0 Å². The molecule has 1 amide bonds. The van der Waals surface area contributed by atoms with Crippen LogP contribution in [0.4, 0.5) is 0 Å². The van der Waals surface area contributed by atoms with Gasteiger partial charge < -0.3 is 14.7 Å². The monoisotopic (exact) mass is 235 g/mol. The number of phenolic OH excluding ortho intramolecular Hbond substituents is 1. The molecule has 0 aromatic heterocycles. The Morgan fingerprint density at radius 2 is 2.29 bits per heavy atom. The Labute approximate surface area is 101 Å². The largest absolute Gasteiger partial charge is 0.508 e. The molecule has 0 radical (unpaired) electrons. The van der Waals surface area contributed by atoms with Gasteiger partial charge in [0, 0.05) is 19.7 Å². The molecule has 0 aliphatic carbocycles. The predicted molar refractivity (Wildman–Crippen MR) is 63.7 cm³/mol. The Hall–Kier alpha value is -1.55. The molecule has 1 aromatic rings. The lowest BCUT2D eigenvalue weighted by atomic mass is 9.99. The van der Waals surface area contributed by atoms with Crippen LogP contribution in [0.1, 0.15) is 18.1 Å². The summed E-state index contributed by atoms with van der Waals surface area (Å²) in [6.07, 6.45) is 0.841. The molecule has 0 saturated carbocycles. The highest BCUT2D eigenvalue weighted by Crippen LogP contribution is 2.23. The maximum absolute atomic E-state index is 11.8. The summed E-state index contributed by atoms with van der Waals surface area (Å²) in [5.74, 6) is 0.267. The van der Waals surface area contributed by atoms with E-state index >= 15 is 0 Å². The van der Waals surface area contributed by atoms with Crippen LogP contribution in [0.2, 0.25) is 0 Å². The Morgan fingerprint density at radius 3 is 3.06 bits per heavy atom. The lowest BCUT2D eigenvalue weighted by Crippen LogP contribution is -2.38. The lowest BCUT2D eigenvalue weighted by molar-refractivity contribution is -0.136. The minimum absolute atomic E-state index is 0.0147. The number of aromatic hydroxyl groups is 1. The zero-order valence-electron chi connectivity index (χ0n) is 9.98. The molecule has 0 fully saturated rings. The van der Waals surface area contributed by atoms with Crippen LogP contribution in [-0.4, -0.2) is 35.7 Å². The van der Waals surface area contributed by atoms with Gasteiger partial charge in [0.15, 0.2) is 0 Å². The van der Waals surface area contributed by atoms with Gasteiger partial charge in [-0.1, -0.05) is 6.07 Å². The fourth-order valence-electron chi connectivity index (χ4n) is 2.04. The molecule has 1 aliphatic heterocycles. The minimum Gasteiger partial charge on any atom is -0.508 e. The molecule has 0 bridgehead atoms. The van der Waals surface area contributed by atoms with Gasteiger partial charge in [-0.05, 0) is 36.6 Å². The molecule has 0 saturated heterocycles. The second-order valence-corrected chi connectivity index (χ2v) is 4.16. The van der Waals surface area contributed by atoms with Gasteiger partial charge >= 0.3 is 0 Å². The van der Waals surface area contributed by atoms with E-state index in [1.807, 2.05) is 13.0 Å². The summed E-state index contributed by atoms with van der Waals surface area (Å²) in [7, 11) is 0. The van der Waals surface area contributed by atoms with Gasteiger partial charge in [0.1, 0.15) is 12.4 Å². The van der Waals surface area contributed by atoms with Gasteiger partial charge in [-0.25, -0.2) is 0 Å². The molecule has 17 heavy (non-hydrogen) atoms. The van der Waals surface area contributed by atoms with E-state index in [9.17, 15) is 9.90 Å². The van der Waals surface area contributed by atoms with Crippen molar-refractivity contribution in [3.63, 3.8) is 0 Å².